The van der Waals surface area contributed by atoms with Crippen molar-refractivity contribution in [2.75, 3.05) is 24.5 Å². The van der Waals surface area contributed by atoms with E-state index < -0.39 is 0 Å². The summed E-state index contributed by atoms with van der Waals surface area (Å²) < 4.78 is 0. The maximum absolute atomic E-state index is 11.8. The average Bonchev–Trinajstić information content (AvgIpc) is 3.49. The number of pyridine rings is 1. The predicted octanol–water partition coefficient (Wildman–Crippen LogP) is 2.90. The first-order valence-corrected chi connectivity index (χ1v) is 12.4. The molecular weight excluding hydrogens is 464 g/mol. The van der Waals surface area contributed by atoms with Gasteiger partial charge in [0.25, 0.3) is 11.1 Å². The number of amides is 2. The van der Waals surface area contributed by atoms with Crippen LogP contribution < -0.4 is 15.5 Å². The Morgan fingerprint density at radius 3 is 2.77 bits per heavy atom. The van der Waals surface area contributed by atoms with E-state index in [1.807, 2.05) is 6.07 Å². The standard InChI is InChI=1S/C24H26N8O2S/c1-15-10-18(28-20(11-15)19-3-7-27-31-19)14-25-13-16-4-8-32(9-5-16)23-26-6-2-17(29-23)12-21-22(33)30-24(34)35-21/h2-3,6-7,10-12,16,25H,4-5,8-9,13-14H2,1H3,(H,27,31)(H,30,33,34)/b21-12+. The summed E-state index contributed by atoms with van der Waals surface area (Å²) in [6.45, 7) is 5.46. The summed E-state index contributed by atoms with van der Waals surface area (Å²) >= 11 is 0.889. The molecule has 2 fully saturated rings. The number of thioether (sulfide) groups is 1. The van der Waals surface area contributed by atoms with E-state index in [4.69, 9.17) is 4.98 Å². The van der Waals surface area contributed by atoms with E-state index >= 15 is 0 Å². The fourth-order valence-corrected chi connectivity index (χ4v) is 4.92. The molecule has 5 rings (SSSR count). The summed E-state index contributed by atoms with van der Waals surface area (Å²) in [5.41, 5.74) is 4.63. The first kappa shape index (κ1) is 23.2. The largest absolute Gasteiger partial charge is 0.341 e. The fraction of sp³-hybridized carbons (Fsp3) is 0.333. The van der Waals surface area contributed by atoms with E-state index in [1.54, 1.807) is 24.5 Å². The number of carbonyl (C=O) groups excluding carboxylic acids is 2. The number of imide groups is 1. The third kappa shape index (κ3) is 5.75. The lowest BCUT2D eigenvalue weighted by atomic mass is 9.97. The van der Waals surface area contributed by atoms with Crippen LogP contribution in [-0.4, -0.2) is 55.9 Å². The highest BCUT2D eigenvalue weighted by Crippen LogP contribution is 2.26. The van der Waals surface area contributed by atoms with Crippen LogP contribution in [0.4, 0.5) is 10.7 Å². The van der Waals surface area contributed by atoms with Gasteiger partial charge in [0.05, 0.1) is 27.7 Å². The fourth-order valence-electron chi connectivity index (χ4n) is 4.26. The summed E-state index contributed by atoms with van der Waals surface area (Å²) in [6, 6.07) is 7.83. The second-order valence-electron chi connectivity index (χ2n) is 8.69. The second-order valence-corrected chi connectivity index (χ2v) is 9.70. The predicted molar refractivity (Wildman–Crippen MR) is 134 cm³/mol. The van der Waals surface area contributed by atoms with Gasteiger partial charge in [0, 0.05) is 32.0 Å². The molecule has 3 aromatic rings. The Labute approximate surface area is 207 Å². The molecule has 5 heterocycles. The van der Waals surface area contributed by atoms with Crippen LogP contribution >= 0.6 is 11.8 Å². The summed E-state index contributed by atoms with van der Waals surface area (Å²) in [5, 5.41) is 12.5. The van der Waals surface area contributed by atoms with Crippen molar-refractivity contribution in [1.82, 2.24) is 35.8 Å². The molecule has 3 N–H and O–H groups in total. The molecule has 0 unspecified atom stereocenters. The molecule has 0 saturated carbocycles. The molecule has 3 aromatic heterocycles. The van der Waals surface area contributed by atoms with Crippen molar-refractivity contribution in [3.63, 3.8) is 0 Å². The number of piperidine rings is 1. The monoisotopic (exact) mass is 490 g/mol. The first-order chi connectivity index (χ1) is 17.0. The minimum Gasteiger partial charge on any atom is -0.341 e. The highest BCUT2D eigenvalue weighted by Gasteiger charge is 2.25. The smallest absolute Gasteiger partial charge is 0.290 e. The zero-order valence-corrected chi connectivity index (χ0v) is 20.1. The highest BCUT2D eigenvalue weighted by molar-refractivity contribution is 8.18. The molecule has 2 aliphatic heterocycles. The second kappa shape index (κ2) is 10.4. The number of aromatic amines is 1. The van der Waals surface area contributed by atoms with Crippen molar-refractivity contribution in [1.29, 1.82) is 0 Å². The molecule has 2 amide bonds. The molecule has 0 atom stereocenters. The van der Waals surface area contributed by atoms with Gasteiger partial charge in [-0.3, -0.25) is 20.0 Å². The molecule has 0 bridgehead atoms. The van der Waals surface area contributed by atoms with E-state index in [0.29, 0.717) is 22.5 Å². The number of hydrogen-bond donors (Lipinski definition) is 3. The lowest BCUT2D eigenvalue weighted by Gasteiger charge is -2.32. The molecular formula is C24H26N8O2S. The van der Waals surface area contributed by atoms with Gasteiger partial charge in [0.1, 0.15) is 0 Å². The number of rotatable bonds is 7. The van der Waals surface area contributed by atoms with Crippen LogP contribution in [0, 0.1) is 12.8 Å². The minimum atomic E-state index is -0.383. The van der Waals surface area contributed by atoms with Crippen LogP contribution in [0.15, 0.2) is 41.6 Å². The van der Waals surface area contributed by atoms with Crippen LogP contribution in [0.5, 0.6) is 0 Å². The Morgan fingerprint density at radius 1 is 1.17 bits per heavy atom. The number of aromatic nitrogens is 5. The highest BCUT2D eigenvalue weighted by atomic mass is 32.2. The molecule has 10 nitrogen and oxygen atoms in total. The van der Waals surface area contributed by atoms with Gasteiger partial charge in [-0.1, -0.05) is 0 Å². The number of nitrogens with zero attached hydrogens (tertiary/aromatic N) is 5. The van der Waals surface area contributed by atoms with Crippen LogP contribution in [-0.2, 0) is 11.3 Å². The van der Waals surface area contributed by atoms with Crippen molar-refractivity contribution in [3.05, 3.63) is 58.5 Å². The van der Waals surface area contributed by atoms with Crippen LogP contribution in [0.25, 0.3) is 17.5 Å². The maximum Gasteiger partial charge on any atom is 0.290 e. The van der Waals surface area contributed by atoms with E-state index in [9.17, 15) is 9.59 Å². The molecule has 2 aliphatic rings. The van der Waals surface area contributed by atoms with Gasteiger partial charge in [-0.25, -0.2) is 15.0 Å². The molecule has 0 aromatic carbocycles. The average molecular weight is 491 g/mol. The Morgan fingerprint density at radius 2 is 2.03 bits per heavy atom. The zero-order valence-electron chi connectivity index (χ0n) is 19.3. The molecule has 2 saturated heterocycles. The number of aryl methyl sites for hydroxylation is 1. The van der Waals surface area contributed by atoms with Crippen LogP contribution in [0.3, 0.4) is 0 Å². The Balaban J connectivity index is 1.12. The number of hydrogen-bond acceptors (Lipinski definition) is 9. The van der Waals surface area contributed by atoms with Gasteiger partial charge < -0.3 is 10.2 Å². The lowest BCUT2D eigenvalue weighted by Crippen LogP contribution is -2.38. The number of carbonyl (C=O) groups is 2. The van der Waals surface area contributed by atoms with Gasteiger partial charge in [0.2, 0.25) is 5.95 Å². The van der Waals surface area contributed by atoms with Crippen molar-refractivity contribution in [2.45, 2.75) is 26.3 Å². The van der Waals surface area contributed by atoms with Gasteiger partial charge in [-0.2, -0.15) is 5.10 Å². The summed E-state index contributed by atoms with van der Waals surface area (Å²) in [5.74, 6) is 0.834. The van der Waals surface area contributed by atoms with Gasteiger partial charge in [0.15, 0.2) is 0 Å². The first-order valence-electron chi connectivity index (χ1n) is 11.5. The zero-order chi connectivity index (χ0) is 24.2. The maximum atomic E-state index is 11.8. The van der Waals surface area contributed by atoms with Gasteiger partial charge >= 0.3 is 0 Å². The topological polar surface area (TPSA) is 129 Å². The minimum absolute atomic E-state index is 0.351. The number of H-pyrrole nitrogens is 1. The van der Waals surface area contributed by atoms with Gasteiger partial charge in [-0.15, -0.1) is 0 Å². The Kier molecular flexibility index (Phi) is 6.87. The van der Waals surface area contributed by atoms with E-state index in [0.717, 1.165) is 67.9 Å². The molecule has 0 spiro atoms. The molecule has 35 heavy (non-hydrogen) atoms. The summed E-state index contributed by atoms with van der Waals surface area (Å²) in [4.78, 5) is 39.4. The summed E-state index contributed by atoms with van der Waals surface area (Å²) in [6.07, 6.45) is 7.12. The molecule has 180 valence electrons. The number of anilines is 1. The molecule has 0 radical (unpaired) electrons. The van der Waals surface area contributed by atoms with Crippen molar-refractivity contribution in [2.24, 2.45) is 5.92 Å². The normalized spacial score (nSPS) is 17.9. The van der Waals surface area contributed by atoms with E-state index in [1.165, 1.54) is 5.56 Å². The third-order valence-corrected chi connectivity index (χ3v) is 6.83. The van der Waals surface area contributed by atoms with E-state index in [2.05, 4.69) is 54.8 Å². The van der Waals surface area contributed by atoms with Crippen LogP contribution in [0.1, 0.15) is 29.8 Å². The summed E-state index contributed by atoms with van der Waals surface area (Å²) in [7, 11) is 0. The molecule has 0 aliphatic carbocycles. The van der Waals surface area contributed by atoms with Crippen molar-refractivity contribution < 1.29 is 9.59 Å². The van der Waals surface area contributed by atoms with Crippen molar-refractivity contribution >= 4 is 34.9 Å². The van der Waals surface area contributed by atoms with Crippen LogP contribution in [0.2, 0.25) is 0 Å². The van der Waals surface area contributed by atoms with Gasteiger partial charge in [-0.05, 0) is 79.9 Å². The molecule has 11 heteroatoms. The third-order valence-electron chi connectivity index (χ3n) is 6.02. The quantitative estimate of drug-likeness (QED) is 0.428. The Bertz CT molecular complexity index is 1250. The van der Waals surface area contributed by atoms with E-state index in [-0.39, 0.29) is 11.1 Å². The Hall–Kier alpha value is -3.57. The SMILES string of the molecule is Cc1cc(CNCC2CCN(c3nccc(/C=C4/SC(=O)NC4=O)n3)CC2)nc(-c2ccn[nH]2)c1. The number of nitrogens with one attached hydrogen (secondary N) is 3. The van der Waals surface area contributed by atoms with Crippen molar-refractivity contribution in [3.8, 4) is 11.4 Å². The lowest BCUT2D eigenvalue weighted by molar-refractivity contribution is -0.115.